The van der Waals surface area contributed by atoms with Gasteiger partial charge in [0.1, 0.15) is 0 Å². The van der Waals surface area contributed by atoms with E-state index in [9.17, 15) is 9.59 Å². The molecule has 1 aliphatic heterocycles. The minimum absolute atomic E-state index is 0.0766. The molecule has 0 spiro atoms. The van der Waals surface area contributed by atoms with Gasteiger partial charge in [-0.15, -0.1) is 0 Å². The van der Waals surface area contributed by atoms with Crippen LogP contribution in [0.15, 0.2) is 65.7 Å². The molecule has 0 bridgehead atoms. The number of Topliss-reactive ketones (excluding diaryl/α,β-unsaturated/α-hetero) is 1. The molecule has 3 rings (SSSR count). The fourth-order valence-electron chi connectivity index (χ4n) is 4.32. The van der Waals surface area contributed by atoms with Gasteiger partial charge in [0.25, 0.3) is 0 Å². The molecule has 224 valence electrons. The van der Waals surface area contributed by atoms with E-state index in [0.29, 0.717) is 6.04 Å². The van der Waals surface area contributed by atoms with Crippen molar-refractivity contribution >= 4 is 23.6 Å². The Hall–Kier alpha value is -3.09. The standard InChI is InChI=1S/C16H24N2O.C13H15NO.2C2H6.CH4O/c1-3-18(14(2)19)16-9-11-17(12-10-16)13-15-7-5-4-6-8-15;1-4-13(14-5-2)12-8-6-7-11(9-12)10(3)15;3*1-2/h4-8,16H,3,9-13H2,1-2H3;4-9H,1-3H3;2*1-2H3;2H,1H3/b;13-4-,14-5?;;;. The summed E-state index contributed by atoms with van der Waals surface area (Å²) >= 11 is 0. The molecule has 6 nitrogen and oxygen atoms in total. The van der Waals surface area contributed by atoms with Crippen LogP contribution in [0.4, 0.5) is 0 Å². The highest BCUT2D eigenvalue weighted by Crippen LogP contribution is 2.19. The lowest BCUT2D eigenvalue weighted by atomic mass is 10.0. The maximum Gasteiger partial charge on any atom is 0.219 e. The first-order chi connectivity index (χ1) is 19.4. The van der Waals surface area contributed by atoms with Crippen molar-refractivity contribution in [3.05, 3.63) is 77.4 Å². The van der Waals surface area contributed by atoms with E-state index < -0.39 is 0 Å². The molecule has 6 heteroatoms. The summed E-state index contributed by atoms with van der Waals surface area (Å²) in [5.74, 6) is 0.289. The number of piperidine rings is 1. The van der Waals surface area contributed by atoms with E-state index >= 15 is 0 Å². The van der Waals surface area contributed by atoms with Crippen LogP contribution in [-0.4, -0.2) is 65.6 Å². The summed E-state index contributed by atoms with van der Waals surface area (Å²) in [6.45, 7) is 21.2. The lowest BCUT2D eigenvalue weighted by Crippen LogP contribution is -2.46. The first-order valence-electron chi connectivity index (χ1n) is 14.6. The van der Waals surface area contributed by atoms with E-state index in [1.165, 1.54) is 5.56 Å². The number of amides is 1. The molecule has 0 unspecified atom stereocenters. The molecule has 0 atom stereocenters. The Labute approximate surface area is 244 Å². The summed E-state index contributed by atoms with van der Waals surface area (Å²) < 4.78 is 0. The monoisotopic (exact) mass is 553 g/mol. The van der Waals surface area contributed by atoms with Crippen LogP contribution in [0.5, 0.6) is 0 Å². The van der Waals surface area contributed by atoms with E-state index in [1.807, 2.05) is 76.8 Å². The maximum absolute atomic E-state index is 11.6. The van der Waals surface area contributed by atoms with Crippen LogP contribution >= 0.6 is 0 Å². The Morgan fingerprint density at radius 2 is 1.48 bits per heavy atom. The molecule has 1 N–H and O–H groups in total. The number of carbonyl (C=O) groups excluding carboxylic acids is 2. The number of allylic oxidation sites excluding steroid dienone is 1. The normalized spacial score (nSPS) is 13.2. The Morgan fingerprint density at radius 1 is 0.925 bits per heavy atom. The molecule has 2 aromatic rings. The molecule has 40 heavy (non-hydrogen) atoms. The number of aliphatic imine (C=N–C) groups is 1. The minimum Gasteiger partial charge on any atom is -0.400 e. The maximum atomic E-state index is 11.6. The van der Waals surface area contributed by atoms with Gasteiger partial charge in [-0.05, 0) is 52.2 Å². The average Bonchev–Trinajstić information content (AvgIpc) is 3.01. The van der Waals surface area contributed by atoms with E-state index in [2.05, 4.69) is 47.1 Å². The summed E-state index contributed by atoms with van der Waals surface area (Å²) in [4.78, 5) is 31.5. The van der Waals surface area contributed by atoms with Gasteiger partial charge in [0.15, 0.2) is 5.78 Å². The second-order valence-corrected chi connectivity index (χ2v) is 8.50. The molecule has 0 aliphatic carbocycles. The number of rotatable bonds is 7. The second-order valence-electron chi connectivity index (χ2n) is 8.50. The third kappa shape index (κ3) is 14.9. The van der Waals surface area contributed by atoms with Crippen LogP contribution in [0, 0.1) is 0 Å². The van der Waals surface area contributed by atoms with Crippen LogP contribution < -0.4 is 0 Å². The summed E-state index contributed by atoms with van der Waals surface area (Å²) in [6, 6.07) is 18.6. The van der Waals surface area contributed by atoms with Crippen molar-refractivity contribution in [2.75, 3.05) is 26.7 Å². The predicted octanol–water partition coefficient (Wildman–Crippen LogP) is 7.52. The third-order valence-electron chi connectivity index (χ3n) is 6.10. The molecule has 1 fully saturated rings. The summed E-state index contributed by atoms with van der Waals surface area (Å²) in [5.41, 5.74) is 3.96. The van der Waals surface area contributed by atoms with Gasteiger partial charge in [-0.1, -0.05) is 82.3 Å². The minimum atomic E-state index is 0.0766. The number of hydrogen-bond acceptors (Lipinski definition) is 5. The fraction of sp³-hybridized carbons (Fsp3) is 0.500. The smallest absolute Gasteiger partial charge is 0.219 e. The second kappa shape index (κ2) is 24.9. The van der Waals surface area contributed by atoms with Gasteiger partial charge in [-0.3, -0.25) is 19.5 Å². The molecule has 1 amide bonds. The van der Waals surface area contributed by atoms with Crippen LogP contribution in [0.1, 0.15) is 96.6 Å². The molecule has 2 aromatic carbocycles. The Balaban J connectivity index is 0. The van der Waals surface area contributed by atoms with Crippen LogP contribution in [-0.2, 0) is 11.3 Å². The number of ketones is 1. The van der Waals surface area contributed by atoms with Gasteiger partial charge >= 0.3 is 0 Å². The third-order valence-corrected chi connectivity index (χ3v) is 6.10. The van der Waals surface area contributed by atoms with Crippen LogP contribution in [0.25, 0.3) is 5.70 Å². The van der Waals surface area contributed by atoms with Gasteiger partial charge in [0.2, 0.25) is 5.91 Å². The fourth-order valence-corrected chi connectivity index (χ4v) is 4.32. The molecular formula is C34H55N3O3. The highest BCUT2D eigenvalue weighted by molar-refractivity contribution is 5.95. The van der Waals surface area contributed by atoms with Crippen LogP contribution in [0.3, 0.4) is 0 Å². The van der Waals surface area contributed by atoms with E-state index in [1.54, 1.807) is 20.1 Å². The van der Waals surface area contributed by atoms with E-state index in [0.717, 1.165) is 63.0 Å². The molecule has 1 aliphatic rings. The number of hydrogen-bond donors (Lipinski definition) is 1. The van der Waals surface area contributed by atoms with E-state index in [-0.39, 0.29) is 11.7 Å². The SMILES string of the molecule is CC.CC.CC=N/C(=C\C)c1cccc(C(C)=O)c1.CCN(C(C)=O)C1CCN(Cc2ccccc2)CC1.CO. The highest BCUT2D eigenvalue weighted by atomic mass is 16.2. The Bertz CT molecular complexity index is 979. The molecule has 0 saturated carbocycles. The first-order valence-corrected chi connectivity index (χ1v) is 14.6. The number of likely N-dealkylation sites (tertiary alicyclic amines) is 1. The van der Waals surface area contributed by atoms with Gasteiger partial charge < -0.3 is 10.0 Å². The summed E-state index contributed by atoms with van der Waals surface area (Å²) in [6.07, 6.45) is 5.87. The van der Waals surface area contributed by atoms with Crippen LogP contribution in [0.2, 0.25) is 0 Å². The van der Waals surface area contributed by atoms with Crippen molar-refractivity contribution < 1.29 is 14.7 Å². The van der Waals surface area contributed by atoms with Crippen molar-refractivity contribution in [3.63, 3.8) is 0 Å². The Kier molecular flexibility index (Phi) is 24.3. The summed E-state index contributed by atoms with van der Waals surface area (Å²) in [7, 11) is 1.00. The Morgan fingerprint density at radius 3 is 1.93 bits per heavy atom. The zero-order valence-electron chi connectivity index (χ0n) is 26.8. The highest BCUT2D eigenvalue weighted by Gasteiger charge is 2.25. The molecular weight excluding hydrogens is 498 g/mol. The molecule has 1 heterocycles. The topological polar surface area (TPSA) is 73.2 Å². The van der Waals surface area contributed by atoms with Crippen molar-refractivity contribution in [1.82, 2.24) is 9.80 Å². The van der Waals surface area contributed by atoms with Crippen molar-refractivity contribution in [1.29, 1.82) is 0 Å². The first kappa shape index (κ1) is 39.1. The molecule has 0 radical (unpaired) electrons. The zero-order valence-corrected chi connectivity index (χ0v) is 26.8. The summed E-state index contributed by atoms with van der Waals surface area (Å²) in [5, 5.41) is 7.00. The van der Waals surface area contributed by atoms with Gasteiger partial charge in [-0.2, -0.15) is 0 Å². The average molecular weight is 554 g/mol. The molecule has 1 saturated heterocycles. The van der Waals surface area contributed by atoms with Gasteiger partial charge in [0, 0.05) is 63.6 Å². The largest absolute Gasteiger partial charge is 0.400 e. The lowest BCUT2D eigenvalue weighted by molar-refractivity contribution is -0.131. The zero-order chi connectivity index (χ0) is 30.9. The predicted molar refractivity (Wildman–Crippen MR) is 173 cm³/mol. The molecule has 0 aromatic heterocycles. The van der Waals surface area contributed by atoms with Crippen molar-refractivity contribution in [3.8, 4) is 0 Å². The van der Waals surface area contributed by atoms with Crippen molar-refractivity contribution in [2.24, 2.45) is 4.99 Å². The number of aliphatic hydroxyl groups is 1. The lowest BCUT2D eigenvalue weighted by Gasteiger charge is -2.37. The number of carbonyl (C=O) groups is 2. The number of nitrogens with zero attached hydrogens (tertiary/aromatic N) is 3. The van der Waals surface area contributed by atoms with Gasteiger partial charge in [0.05, 0.1) is 5.70 Å². The number of benzene rings is 2. The van der Waals surface area contributed by atoms with Crippen molar-refractivity contribution in [2.45, 2.75) is 87.7 Å². The quantitative estimate of drug-likeness (QED) is 0.284. The van der Waals surface area contributed by atoms with Gasteiger partial charge in [-0.25, -0.2) is 0 Å². The number of aliphatic hydroxyl groups excluding tert-OH is 1. The van der Waals surface area contributed by atoms with E-state index in [4.69, 9.17) is 5.11 Å².